The van der Waals surface area contributed by atoms with Gasteiger partial charge in [0.05, 0.1) is 25.4 Å². The zero-order chi connectivity index (χ0) is 24.2. The van der Waals surface area contributed by atoms with E-state index < -0.39 is 29.8 Å². The first-order valence-electron chi connectivity index (χ1n) is 10.9. The van der Waals surface area contributed by atoms with E-state index >= 15 is 0 Å². The Morgan fingerprint density at radius 2 is 2.03 bits per heavy atom. The minimum atomic E-state index is -0.784. The van der Waals surface area contributed by atoms with E-state index in [1.165, 1.54) is 12.0 Å². The Morgan fingerprint density at radius 3 is 2.61 bits per heavy atom. The van der Waals surface area contributed by atoms with Gasteiger partial charge in [-0.3, -0.25) is 9.88 Å². The highest BCUT2D eigenvalue weighted by atomic mass is 32.1. The fourth-order valence-corrected chi connectivity index (χ4v) is 4.25. The number of carbonyl (C=O) groups is 2. The molecule has 33 heavy (non-hydrogen) atoms. The average Bonchev–Trinajstić information content (AvgIpc) is 3.38. The quantitative estimate of drug-likeness (QED) is 0.360. The molecule has 1 aliphatic heterocycles. The number of esters is 1. The Morgan fingerprint density at radius 1 is 1.27 bits per heavy atom. The zero-order valence-corrected chi connectivity index (χ0v) is 20.7. The molecule has 3 atom stereocenters. The molecule has 1 amide bonds. The maximum atomic E-state index is 12.8. The second-order valence-electron chi connectivity index (χ2n) is 8.90. The molecule has 3 rings (SSSR count). The number of hydrogen-bond donors (Lipinski definition) is 0. The van der Waals surface area contributed by atoms with Crippen LogP contribution in [0.2, 0.25) is 0 Å². The molecule has 0 aromatic carbocycles. The van der Waals surface area contributed by atoms with E-state index in [9.17, 15) is 9.59 Å². The number of ether oxygens (including phenoxy) is 3. The number of aromatic nitrogens is 1. The van der Waals surface area contributed by atoms with Gasteiger partial charge in [0.15, 0.2) is 0 Å². The predicted molar refractivity (Wildman–Crippen MR) is 126 cm³/mol. The molecule has 0 saturated carbocycles. The van der Waals surface area contributed by atoms with Gasteiger partial charge in [-0.25, -0.2) is 14.6 Å². The number of amides is 1. The van der Waals surface area contributed by atoms with Crippen LogP contribution >= 0.6 is 11.3 Å². The summed E-state index contributed by atoms with van der Waals surface area (Å²) in [5, 5.41) is 1.98. The van der Waals surface area contributed by atoms with Crippen molar-refractivity contribution in [2.24, 2.45) is 4.99 Å². The monoisotopic (exact) mass is 473 g/mol. The molecule has 2 unspecified atom stereocenters. The van der Waals surface area contributed by atoms with Crippen LogP contribution in [-0.2, 0) is 19.0 Å². The van der Waals surface area contributed by atoms with Crippen LogP contribution < -0.4 is 0 Å². The number of methoxy groups -OCH3 is 1. The molecule has 8 nitrogen and oxygen atoms in total. The summed E-state index contributed by atoms with van der Waals surface area (Å²) in [6.07, 6.45) is 0.993. The molecule has 1 fully saturated rings. The summed E-state index contributed by atoms with van der Waals surface area (Å²) in [6, 6.07) is 6.63. The summed E-state index contributed by atoms with van der Waals surface area (Å²) < 4.78 is 16.8. The van der Waals surface area contributed by atoms with Crippen molar-refractivity contribution in [1.29, 1.82) is 0 Å². The second-order valence-corrected chi connectivity index (χ2v) is 10.0. The standard InChI is InChI=1S/C24H31N3O5S/c1-15(19-9-7-8-11-25-19)26-21(18-10-12-33-16(18)2)31-17-13-20(22(28)30-6)27(14-17)23(29)32-24(3,4)5/h7-12,15,17,20H,13-14H2,1-6H3/b26-21+/t15?,17?,20-/m0/s1. The van der Waals surface area contributed by atoms with Crippen LogP contribution in [0.4, 0.5) is 4.79 Å². The Hall–Kier alpha value is -2.94. The molecular weight excluding hydrogens is 442 g/mol. The van der Waals surface area contributed by atoms with Gasteiger partial charge >= 0.3 is 12.1 Å². The highest BCUT2D eigenvalue weighted by Crippen LogP contribution is 2.27. The van der Waals surface area contributed by atoms with Gasteiger partial charge in [-0.15, -0.1) is 11.3 Å². The molecule has 9 heteroatoms. The van der Waals surface area contributed by atoms with Crippen molar-refractivity contribution in [3.8, 4) is 0 Å². The maximum absolute atomic E-state index is 12.8. The number of aryl methyl sites for hydroxylation is 1. The Kier molecular flexibility index (Phi) is 7.73. The number of nitrogens with zero attached hydrogens (tertiary/aromatic N) is 3. The van der Waals surface area contributed by atoms with Gasteiger partial charge in [-0.05, 0) is 58.2 Å². The zero-order valence-electron chi connectivity index (χ0n) is 19.9. The van der Waals surface area contributed by atoms with Gasteiger partial charge in [0.25, 0.3) is 0 Å². The molecule has 0 aliphatic carbocycles. The van der Waals surface area contributed by atoms with E-state index in [1.54, 1.807) is 38.3 Å². The van der Waals surface area contributed by atoms with Gasteiger partial charge in [-0.2, -0.15) is 0 Å². The smallest absolute Gasteiger partial charge is 0.411 e. The number of pyridine rings is 1. The molecule has 3 heterocycles. The van der Waals surface area contributed by atoms with Crippen LogP contribution in [0.15, 0.2) is 40.8 Å². The molecule has 0 spiro atoms. The summed E-state index contributed by atoms with van der Waals surface area (Å²) >= 11 is 1.60. The Bertz CT molecular complexity index is 999. The second kappa shape index (κ2) is 10.3. The first kappa shape index (κ1) is 24.7. The number of likely N-dealkylation sites (tertiary alicyclic amines) is 1. The van der Waals surface area contributed by atoms with Crippen LogP contribution in [-0.4, -0.2) is 59.2 Å². The van der Waals surface area contributed by atoms with Gasteiger partial charge < -0.3 is 14.2 Å². The minimum Gasteiger partial charge on any atom is -0.472 e. The van der Waals surface area contributed by atoms with Gasteiger partial charge in [0.2, 0.25) is 5.90 Å². The van der Waals surface area contributed by atoms with E-state index in [0.717, 1.165) is 16.1 Å². The van der Waals surface area contributed by atoms with E-state index in [2.05, 4.69) is 4.98 Å². The lowest BCUT2D eigenvalue weighted by Crippen LogP contribution is -2.44. The number of rotatable bonds is 5. The van der Waals surface area contributed by atoms with Crippen LogP contribution in [0.25, 0.3) is 0 Å². The summed E-state index contributed by atoms with van der Waals surface area (Å²) in [4.78, 5) is 36.8. The van der Waals surface area contributed by atoms with Crippen LogP contribution in [0.1, 0.15) is 56.3 Å². The molecule has 2 aromatic heterocycles. The van der Waals surface area contributed by atoms with Crippen molar-refractivity contribution in [2.75, 3.05) is 13.7 Å². The topological polar surface area (TPSA) is 90.3 Å². The van der Waals surface area contributed by atoms with E-state index in [4.69, 9.17) is 19.2 Å². The van der Waals surface area contributed by atoms with Gasteiger partial charge in [0.1, 0.15) is 17.7 Å². The van der Waals surface area contributed by atoms with Crippen molar-refractivity contribution in [1.82, 2.24) is 9.88 Å². The molecule has 1 saturated heterocycles. The number of thiophene rings is 1. The van der Waals surface area contributed by atoms with Crippen molar-refractivity contribution >= 4 is 29.3 Å². The lowest BCUT2D eigenvalue weighted by atomic mass is 10.2. The normalized spacial score (nSPS) is 19.8. The SMILES string of the molecule is COC(=O)[C@@H]1CC(O/C(=N/C(C)c2ccccn2)c2ccsc2C)CN1C(=O)OC(C)(C)C. The van der Waals surface area contributed by atoms with E-state index in [-0.39, 0.29) is 19.0 Å². The number of hydrogen-bond acceptors (Lipinski definition) is 8. The summed E-state index contributed by atoms with van der Waals surface area (Å²) in [5.41, 5.74) is 1.02. The minimum absolute atomic E-state index is 0.189. The van der Waals surface area contributed by atoms with E-state index in [1.807, 2.05) is 43.5 Å². The predicted octanol–water partition coefficient (Wildman–Crippen LogP) is 4.53. The van der Waals surface area contributed by atoms with Gasteiger partial charge in [0, 0.05) is 23.1 Å². The summed E-state index contributed by atoms with van der Waals surface area (Å²) in [5.74, 6) is -0.0365. The highest BCUT2D eigenvalue weighted by Gasteiger charge is 2.43. The fourth-order valence-electron chi connectivity index (χ4n) is 3.56. The molecule has 2 aromatic rings. The van der Waals surface area contributed by atoms with E-state index in [0.29, 0.717) is 5.90 Å². The molecule has 178 valence electrons. The van der Waals surface area contributed by atoms with Crippen molar-refractivity contribution in [3.05, 3.63) is 52.0 Å². The van der Waals surface area contributed by atoms with Crippen molar-refractivity contribution < 1.29 is 23.8 Å². The Balaban J connectivity index is 1.86. The first-order chi connectivity index (χ1) is 15.6. The highest BCUT2D eigenvalue weighted by molar-refractivity contribution is 7.10. The number of aliphatic imine (C=N–C) groups is 1. The summed E-state index contributed by atoms with van der Waals surface area (Å²) in [6.45, 7) is 9.49. The van der Waals surface area contributed by atoms with Crippen LogP contribution in [0.5, 0.6) is 0 Å². The lowest BCUT2D eigenvalue weighted by molar-refractivity contribution is -0.145. The molecular formula is C24H31N3O5S. The van der Waals surface area contributed by atoms with Gasteiger partial charge in [-0.1, -0.05) is 6.07 Å². The average molecular weight is 474 g/mol. The Labute approximate surface area is 198 Å². The largest absolute Gasteiger partial charge is 0.472 e. The molecule has 1 aliphatic rings. The third kappa shape index (κ3) is 6.31. The first-order valence-corrected chi connectivity index (χ1v) is 11.7. The van der Waals surface area contributed by atoms with Crippen molar-refractivity contribution in [2.45, 2.75) is 64.8 Å². The third-order valence-electron chi connectivity index (χ3n) is 5.16. The molecule has 0 radical (unpaired) electrons. The maximum Gasteiger partial charge on any atom is 0.411 e. The fraction of sp³-hybridized carbons (Fsp3) is 0.500. The third-order valence-corrected chi connectivity index (χ3v) is 6.00. The van der Waals surface area contributed by atoms with Crippen molar-refractivity contribution in [3.63, 3.8) is 0 Å². The van der Waals surface area contributed by atoms with Crippen LogP contribution in [0.3, 0.4) is 0 Å². The summed E-state index contributed by atoms with van der Waals surface area (Å²) in [7, 11) is 1.31. The van der Waals surface area contributed by atoms with Crippen LogP contribution in [0, 0.1) is 6.92 Å². The number of carbonyl (C=O) groups excluding carboxylic acids is 2. The lowest BCUT2D eigenvalue weighted by Gasteiger charge is -2.27. The molecule has 0 bridgehead atoms. The molecule has 0 N–H and O–H groups in total.